The van der Waals surface area contributed by atoms with Crippen LogP contribution < -0.4 is 51.6 Å². The fourth-order valence-electron chi connectivity index (χ4n) is 13.8. The lowest BCUT2D eigenvalue weighted by Crippen LogP contribution is -2.28. The molecule has 30 nitrogen and oxygen atoms in total. The lowest BCUT2D eigenvalue weighted by Gasteiger charge is -2.19. The van der Waals surface area contributed by atoms with Crippen LogP contribution >= 0.6 is 186 Å². The molecule has 0 atom stereocenters. The predicted octanol–water partition coefficient (Wildman–Crippen LogP) is 25.1. The summed E-state index contributed by atoms with van der Waals surface area (Å²) in [7, 11) is 7.93. The summed E-state index contributed by atoms with van der Waals surface area (Å²) >= 11 is 29.4. The van der Waals surface area contributed by atoms with Gasteiger partial charge in [-0.3, -0.25) is 14.4 Å². The van der Waals surface area contributed by atoms with E-state index in [1.165, 1.54) is 91.9 Å². The maximum atomic E-state index is 12.4. The van der Waals surface area contributed by atoms with Crippen LogP contribution in [0.15, 0.2) is 148 Å². The lowest BCUT2D eigenvalue weighted by atomic mass is 10.1. The minimum Gasteiger partial charge on any atom is -0.471 e. The van der Waals surface area contributed by atoms with Crippen LogP contribution in [0.1, 0.15) is 83.2 Å². The number of amides is 1. The SMILES string of the molecule is Brc1cc2sc3ccsc3c2s1.CN(CCO)c1cc2sc3cc(C=O)sc3c2s1.CN(CCO)c1cc2sc3ccsc3c2s1.NCc1ccc(COc2nc(N)nc3nc[nH]c23)cc1.[C-]#[N+]/C(=C\c1cc2sc3cc(N(C)CCO)sc3c2s1)C(=O)OC(C)(C)C.[C-]#[N+]/C(=C\c1cc2sc3cc(N(C)CCOC(=O)NCc4ccc(COc5nc(N)nc6nc[nH]c56)cc4)sc3c2s1)C(=O)OC(C)(C)C. The number of hydrogen-bond acceptors (Lipinski definition) is 40. The van der Waals surface area contributed by atoms with Crippen molar-refractivity contribution in [2.24, 2.45) is 5.73 Å². The number of carbonyl (C=O) groups is 4. The van der Waals surface area contributed by atoms with Gasteiger partial charge in [-0.1, -0.05) is 48.5 Å². The van der Waals surface area contributed by atoms with Gasteiger partial charge in [-0.15, -0.1) is 170 Å². The molecule has 0 bridgehead atoms. The molecule has 21 rings (SSSR count). The third-order valence-corrected chi connectivity index (χ3v) is 39.8. The van der Waals surface area contributed by atoms with Gasteiger partial charge in [0, 0.05) is 118 Å². The molecule has 0 saturated carbocycles. The Labute approximate surface area is 881 Å². The van der Waals surface area contributed by atoms with Crippen molar-refractivity contribution in [3.05, 3.63) is 208 Å². The van der Waals surface area contributed by atoms with Crippen LogP contribution in [0.2, 0.25) is 0 Å². The van der Waals surface area contributed by atoms with Crippen LogP contribution in [0.25, 0.3) is 138 Å². The normalized spacial score (nSPS) is 11.8. The number of nitrogen functional groups attached to an aromatic ring is 2. The van der Waals surface area contributed by atoms with Crippen molar-refractivity contribution < 1.29 is 58.2 Å². The topological polar surface area (TPSA) is 396 Å². The van der Waals surface area contributed by atoms with E-state index < -0.39 is 29.2 Å². The fourth-order valence-corrected chi connectivity index (χ4v) is 33.6. The van der Waals surface area contributed by atoms with Gasteiger partial charge in [-0.05, 0) is 163 Å². The molecule has 0 aliphatic heterocycles. The number of aromatic amines is 2. The third kappa shape index (κ3) is 25.2. The zero-order valence-corrected chi connectivity index (χ0v) is 91.4. The number of ether oxygens (including phenoxy) is 5. The first kappa shape index (κ1) is 104. The first-order valence-corrected chi connectivity index (χ1v) is 56.5. The van der Waals surface area contributed by atoms with Crippen LogP contribution in [-0.4, -0.2) is 172 Å². The maximum absolute atomic E-state index is 12.4. The Morgan fingerprint density at radius 3 is 1.20 bits per heavy atom. The van der Waals surface area contributed by atoms with Gasteiger partial charge in [0.05, 0.1) is 128 Å². The number of halogens is 1. The van der Waals surface area contributed by atoms with Gasteiger partial charge in [0.1, 0.15) is 42.1 Å². The van der Waals surface area contributed by atoms with Crippen molar-refractivity contribution >= 4 is 371 Å². The van der Waals surface area contributed by atoms with Gasteiger partial charge < -0.3 is 91.1 Å². The number of likely N-dealkylation sites (N-methyl/N-ethyl adjacent to an activating group) is 4. The number of benzene rings is 2. The molecule has 0 aliphatic carbocycles. The summed E-state index contributed by atoms with van der Waals surface area (Å²) in [4.78, 5) is 95.5. The molecular weight excluding hydrogens is 2160 g/mol. The molecule has 734 valence electrons. The van der Waals surface area contributed by atoms with Gasteiger partial charge in [0.2, 0.25) is 23.7 Å². The molecule has 0 saturated heterocycles. The van der Waals surface area contributed by atoms with E-state index in [9.17, 15) is 19.2 Å². The lowest BCUT2D eigenvalue weighted by molar-refractivity contribution is -0.150. The molecule has 46 heteroatoms. The summed E-state index contributed by atoms with van der Waals surface area (Å²) < 4.78 is 54.3. The third-order valence-electron chi connectivity index (χ3n) is 20.6. The molecule has 2 aromatic carbocycles. The molecule has 0 radical (unpaired) electrons. The zero-order chi connectivity index (χ0) is 100. The second-order valence-corrected chi connectivity index (χ2v) is 50.3. The monoisotopic (exact) mass is 2250 g/mol. The second kappa shape index (κ2) is 46.2. The summed E-state index contributed by atoms with van der Waals surface area (Å²) in [5.74, 6) is -0.273. The standard InChI is InChI=1S/C33H32N8O5S3.C19H20N2O3S3.C13H14N6O.C12H11NO2S3.C11H11NOS3.C8H3BrS3/c1-33(2,3)46-30(42)21(35-4)12-20-13-22-26(47-20)27-23(48-22)14-24(49-27)41(5)10-11-44-32(43)36-15-18-6-8-19(9-7-18)16-45-29-25-28(38-17-37-25)39-31(34)40-29;1-19(2,3)24-18(23)12(20-4)8-11-9-13-16(25-11)17-14(26-13)10-15(27-17)21(5)6-7-22;14-5-8-1-3-9(4-2-8)6-20-12-10-11(17-7-16-10)18-13(15)19-12;1-13(2-3-14)10-5-9-12(18-10)11-8(17-9)4-7(6-15)16-11;1-12(3-4-13)9-6-8-11(16-9)10-7(15-8)2-5-14-10;9-6-3-5-8(12-6)7-4(11-5)1-2-10-7/h6-9,12-14,17H,10-11,15-16H2,1-3,5H3,(H,36,43)(H3,34,37,38,39,40);8-10,22H,6-7H2,1-3,5H3;1-4,7H,5-6,14H2,(H3,15,16,17,18,19);4-6,14H,2-3H2,1H3;2,5-6,13H,3-4H2,1H3;1-3H/b21-12-;12-8-;;;;. The van der Waals surface area contributed by atoms with E-state index in [2.05, 4.69) is 139 Å². The quantitative estimate of drug-likeness (QED) is 0.00759. The molecule has 0 aliphatic rings. The molecule has 0 spiro atoms. The van der Waals surface area contributed by atoms with Crippen molar-refractivity contribution in [2.45, 2.75) is 79.0 Å². The van der Waals surface area contributed by atoms with E-state index in [1.807, 2.05) is 168 Å². The van der Waals surface area contributed by atoms with Crippen molar-refractivity contribution in [2.75, 3.05) is 112 Å². The number of alkyl carbamates (subject to hydrolysis) is 1. The molecule has 142 heavy (non-hydrogen) atoms. The Balaban J connectivity index is 0.000000132. The average Bonchev–Trinajstić information content (AvgIpc) is 1.60. The highest BCUT2D eigenvalue weighted by atomic mass is 79.9. The molecule has 19 heterocycles. The van der Waals surface area contributed by atoms with E-state index >= 15 is 0 Å². The number of anilines is 6. The Kier molecular flexibility index (Phi) is 33.7. The molecular formula is C96H91BrN18O12S15. The van der Waals surface area contributed by atoms with Crippen molar-refractivity contribution in [3.63, 3.8) is 0 Å². The minimum absolute atomic E-state index is 0.00961. The number of nitrogens with two attached hydrogens (primary N) is 3. The van der Waals surface area contributed by atoms with Gasteiger partial charge in [0.25, 0.3) is 11.4 Å². The smallest absolute Gasteiger partial charge is 0.407 e. The van der Waals surface area contributed by atoms with Gasteiger partial charge in [-0.25, -0.2) is 24.5 Å². The van der Waals surface area contributed by atoms with E-state index in [4.69, 9.17) is 69.3 Å². The van der Waals surface area contributed by atoms with Gasteiger partial charge >= 0.3 is 18.0 Å². The van der Waals surface area contributed by atoms with Crippen molar-refractivity contribution in [1.29, 1.82) is 0 Å². The highest BCUT2D eigenvalue weighted by molar-refractivity contribution is 9.11. The van der Waals surface area contributed by atoms with Crippen LogP contribution in [0, 0.1) is 13.1 Å². The number of nitrogens with one attached hydrogen (secondary N) is 3. The number of hydrogen-bond donors (Lipinski definition) is 9. The van der Waals surface area contributed by atoms with E-state index in [0.717, 1.165) is 81.7 Å². The number of H-pyrrole nitrogens is 2. The number of aliphatic hydroxyl groups is 3. The second-order valence-electron chi connectivity index (χ2n) is 33.3. The zero-order valence-electron chi connectivity index (χ0n) is 77.5. The van der Waals surface area contributed by atoms with Crippen LogP contribution in [0.3, 0.4) is 0 Å². The summed E-state index contributed by atoms with van der Waals surface area (Å²) in [6, 6.07) is 36.8. The summed E-state index contributed by atoms with van der Waals surface area (Å²) in [5.41, 5.74) is 21.6. The number of rotatable bonds is 27. The van der Waals surface area contributed by atoms with E-state index in [-0.39, 0.29) is 56.3 Å². The number of aldehydes is 1. The fraction of sp³-hybridized carbons (Fsp3) is 0.250. The highest BCUT2D eigenvalue weighted by Crippen LogP contribution is 2.51. The van der Waals surface area contributed by atoms with Crippen LogP contribution in [0.5, 0.6) is 11.8 Å². The maximum Gasteiger partial charge on any atom is 0.407 e. The number of aromatic nitrogens is 8. The summed E-state index contributed by atoms with van der Waals surface area (Å²) in [5, 5.41) is 38.7. The minimum atomic E-state index is -0.673. The van der Waals surface area contributed by atoms with Crippen molar-refractivity contribution in [3.8, 4) is 11.8 Å². The largest absolute Gasteiger partial charge is 0.471 e. The Morgan fingerprint density at radius 2 is 0.810 bits per heavy atom. The number of nitrogens with zero attached hydrogens (tertiary/aromatic N) is 12. The summed E-state index contributed by atoms with van der Waals surface area (Å²) in [6.07, 6.45) is 6.65. The molecule has 0 fully saturated rings. The Bertz CT molecular complexity index is 8220. The van der Waals surface area contributed by atoms with Gasteiger partial charge in [-0.2, -0.15) is 19.9 Å². The molecule has 19 aromatic heterocycles. The predicted molar refractivity (Wildman–Crippen MR) is 604 cm³/mol. The Morgan fingerprint density at radius 1 is 0.458 bits per heavy atom. The Hall–Kier alpha value is -11.3. The first-order valence-electron chi connectivity index (χ1n) is 43.3. The number of thiophene rings is 15. The first-order chi connectivity index (χ1) is 68.3. The molecule has 1 amide bonds. The number of imidazole rings is 2. The van der Waals surface area contributed by atoms with Crippen LogP contribution in [0.4, 0.5) is 36.7 Å². The van der Waals surface area contributed by atoms with Gasteiger partial charge in [0.15, 0.2) is 17.6 Å². The highest BCUT2D eigenvalue weighted by Gasteiger charge is 2.26. The van der Waals surface area contributed by atoms with E-state index in [1.54, 1.807) is 156 Å². The number of fused-ring (bicyclic) bond motifs is 17. The average molecular weight is 2250 g/mol. The summed E-state index contributed by atoms with van der Waals surface area (Å²) in [6.45, 7) is 30.1. The van der Waals surface area contributed by atoms with E-state index in [0.29, 0.717) is 80.0 Å². The number of esters is 2. The number of aliphatic hydroxyl groups excluding tert-OH is 3. The molecule has 12 N–H and O–H groups in total. The molecule has 0 unspecified atom stereocenters. The number of carbonyl (C=O) groups excluding carboxylic acids is 4. The molecule has 21 aromatic rings. The van der Waals surface area contributed by atoms with Crippen LogP contribution in [-0.2, 0) is 50.1 Å². The van der Waals surface area contributed by atoms with Crippen molar-refractivity contribution in [1.82, 2.24) is 45.2 Å².